The molecule has 0 amide bonds. The molecule has 1 aliphatic heterocycles. The summed E-state index contributed by atoms with van der Waals surface area (Å²) in [4.78, 5) is 3.90. The van der Waals surface area contributed by atoms with E-state index in [0.29, 0.717) is 12.1 Å². The zero-order chi connectivity index (χ0) is 11.5. The Kier molecular flexibility index (Phi) is 4.34. The Hall–Kier alpha value is 0.01000. The van der Waals surface area contributed by atoms with Crippen LogP contribution in [-0.4, -0.2) is 41.0 Å². The molecule has 1 atom stereocenters. The van der Waals surface area contributed by atoms with Crippen LogP contribution in [0.5, 0.6) is 0 Å². The fraction of sp³-hybridized carbons (Fsp3) is 0.923. The van der Waals surface area contributed by atoms with Gasteiger partial charge in [-0.2, -0.15) is 0 Å². The second-order valence-corrected chi connectivity index (χ2v) is 6.13. The highest BCUT2D eigenvalue weighted by Gasteiger charge is 2.28. The lowest BCUT2D eigenvalue weighted by Crippen LogP contribution is -2.46. The Bertz CT molecular complexity index is 246. The third-order valence-electron chi connectivity index (χ3n) is 3.95. The van der Waals surface area contributed by atoms with Crippen LogP contribution >= 0.6 is 12.2 Å². The molecule has 1 saturated heterocycles. The Labute approximate surface area is 105 Å². The van der Waals surface area contributed by atoms with Crippen LogP contribution < -0.4 is 5.32 Å². The summed E-state index contributed by atoms with van der Waals surface area (Å²) in [6.45, 7) is 6.79. The van der Waals surface area contributed by atoms with Crippen LogP contribution in [0.4, 0.5) is 0 Å². The van der Waals surface area contributed by atoms with Gasteiger partial charge in [0.2, 0.25) is 0 Å². The zero-order valence-electron chi connectivity index (χ0n) is 10.5. The number of nitrogens with one attached hydrogen (secondary N) is 1. The van der Waals surface area contributed by atoms with Crippen LogP contribution in [-0.2, 0) is 0 Å². The third kappa shape index (κ3) is 3.02. The summed E-state index contributed by atoms with van der Waals surface area (Å²) in [5.74, 6) is 0. The van der Waals surface area contributed by atoms with Gasteiger partial charge in [-0.15, -0.1) is 0 Å². The summed E-state index contributed by atoms with van der Waals surface area (Å²) in [5.41, 5.74) is 0. The predicted molar refractivity (Wildman–Crippen MR) is 73.1 cm³/mol. The van der Waals surface area contributed by atoms with Crippen LogP contribution in [0.2, 0.25) is 0 Å². The molecule has 2 fully saturated rings. The SMILES string of the molecule is CC(C)N(CC1CC(=S)CN1)C1CCCC1. The third-order valence-corrected chi connectivity index (χ3v) is 4.26. The lowest BCUT2D eigenvalue weighted by atomic mass is 10.1. The van der Waals surface area contributed by atoms with Crippen molar-refractivity contribution in [1.82, 2.24) is 10.2 Å². The number of thiocarbonyl (C=S) groups is 1. The first-order chi connectivity index (χ1) is 7.66. The molecule has 2 nitrogen and oxygen atoms in total. The van der Waals surface area contributed by atoms with Crippen LogP contribution in [0.25, 0.3) is 0 Å². The van der Waals surface area contributed by atoms with E-state index in [-0.39, 0.29) is 0 Å². The fourth-order valence-corrected chi connectivity index (χ4v) is 3.36. The monoisotopic (exact) mass is 240 g/mol. The molecule has 2 aliphatic rings. The Morgan fingerprint density at radius 3 is 2.56 bits per heavy atom. The van der Waals surface area contributed by atoms with Gasteiger partial charge in [0.1, 0.15) is 0 Å². The lowest BCUT2D eigenvalue weighted by molar-refractivity contribution is 0.142. The van der Waals surface area contributed by atoms with Gasteiger partial charge in [-0.05, 0) is 33.1 Å². The zero-order valence-corrected chi connectivity index (χ0v) is 11.4. The summed E-state index contributed by atoms with van der Waals surface area (Å²) in [7, 11) is 0. The van der Waals surface area contributed by atoms with Crippen LogP contribution in [0.15, 0.2) is 0 Å². The molecule has 92 valence electrons. The number of hydrogen-bond donors (Lipinski definition) is 1. The van der Waals surface area contributed by atoms with Crippen molar-refractivity contribution in [2.24, 2.45) is 0 Å². The highest BCUT2D eigenvalue weighted by molar-refractivity contribution is 7.80. The highest BCUT2D eigenvalue weighted by Crippen LogP contribution is 2.25. The van der Waals surface area contributed by atoms with E-state index in [1.807, 2.05) is 0 Å². The average molecular weight is 240 g/mol. The van der Waals surface area contributed by atoms with Crippen molar-refractivity contribution < 1.29 is 0 Å². The van der Waals surface area contributed by atoms with E-state index < -0.39 is 0 Å². The Morgan fingerprint density at radius 2 is 2.06 bits per heavy atom. The normalized spacial score (nSPS) is 27.5. The first-order valence-electron chi connectivity index (χ1n) is 6.67. The molecule has 0 aromatic carbocycles. The first kappa shape index (κ1) is 12.5. The van der Waals surface area contributed by atoms with E-state index in [9.17, 15) is 0 Å². The second kappa shape index (κ2) is 5.56. The van der Waals surface area contributed by atoms with E-state index in [1.54, 1.807) is 0 Å². The maximum absolute atomic E-state index is 5.27. The minimum absolute atomic E-state index is 0.607. The van der Waals surface area contributed by atoms with E-state index in [2.05, 4.69) is 24.1 Å². The number of nitrogens with zero attached hydrogens (tertiary/aromatic N) is 1. The van der Waals surface area contributed by atoms with E-state index >= 15 is 0 Å². The maximum Gasteiger partial charge on any atom is 0.0273 e. The van der Waals surface area contributed by atoms with Crippen molar-refractivity contribution in [2.45, 2.75) is 64.1 Å². The van der Waals surface area contributed by atoms with Gasteiger partial charge in [0.05, 0.1) is 0 Å². The van der Waals surface area contributed by atoms with Crippen molar-refractivity contribution >= 4 is 17.1 Å². The standard InChI is InChI=1S/C13H24N2S/c1-10(2)15(12-5-3-4-6-12)9-11-7-13(16)8-14-11/h10-12,14H,3-9H2,1-2H3. The molecule has 1 unspecified atom stereocenters. The smallest absolute Gasteiger partial charge is 0.0273 e. The van der Waals surface area contributed by atoms with Gasteiger partial charge in [0.25, 0.3) is 0 Å². The van der Waals surface area contributed by atoms with Crippen molar-refractivity contribution in [3.8, 4) is 0 Å². The molecular formula is C13H24N2S. The topological polar surface area (TPSA) is 15.3 Å². The molecule has 1 heterocycles. The van der Waals surface area contributed by atoms with Gasteiger partial charge in [0.15, 0.2) is 0 Å². The fourth-order valence-electron chi connectivity index (χ4n) is 3.08. The molecule has 0 aromatic heterocycles. The van der Waals surface area contributed by atoms with Gasteiger partial charge >= 0.3 is 0 Å². The largest absolute Gasteiger partial charge is 0.308 e. The van der Waals surface area contributed by atoms with Gasteiger partial charge in [-0.3, -0.25) is 4.90 Å². The quantitative estimate of drug-likeness (QED) is 0.760. The lowest BCUT2D eigenvalue weighted by Gasteiger charge is -2.34. The predicted octanol–water partition coefficient (Wildman–Crippen LogP) is 2.37. The van der Waals surface area contributed by atoms with Crippen LogP contribution in [0, 0.1) is 0 Å². The molecule has 0 radical (unpaired) electrons. The van der Waals surface area contributed by atoms with Crippen molar-refractivity contribution in [3.05, 3.63) is 0 Å². The molecule has 0 aromatic rings. The number of hydrogen-bond acceptors (Lipinski definition) is 3. The minimum Gasteiger partial charge on any atom is -0.308 e. The molecule has 1 aliphatic carbocycles. The Morgan fingerprint density at radius 1 is 1.38 bits per heavy atom. The van der Waals surface area contributed by atoms with Gasteiger partial charge in [-0.1, -0.05) is 25.1 Å². The van der Waals surface area contributed by atoms with Crippen molar-refractivity contribution in [1.29, 1.82) is 0 Å². The average Bonchev–Trinajstić information content (AvgIpc) is 2.84. The number of rotatable bonds is 4. The summed E-state index contributed by atoms with van der Waals surface area (Å²) >= 11 is 5.27. The maximum atomic E-state index is 5.27. The minimum atomic E-state index is 0.607. The molecule has 3 heteroatoms. The summed E-state index contributed by atoms with van der Waals surface area (Å²) in [5, 5.41) is 3.53. The van der Waals surface area contributed by atoms with Crippen LogP contribution in [0.1, 0.15) is 46.0 Å². The second-order valence-electron chi connectivity index (χ2n) is 5.55. The summed E-state index contributed by atoms with van der Waals surface area (Å²) in [6.07, 6.45) is 6.74. The molecule has 0 spiro atoms. The van der Waals surface area contributed by atoms with E-state index in [4.69, 9.17) is 12.2 Å². The molecule has 16 heavy (non-hydrogen) atoms. The van der Waals surface area contributed by atoms with Gasteiger partial charge < -0.3 is 5.32 Å². The Balaban J connectivity index is 1.89. The molecule has 0 bridgehead atoms. The summed E-state index contributed by atoms with van der Waals surface area (Å²) < 4.78 is 0. The first-order valence-corrected chi connectivity index (χ1v) is 7.08. The molecule has 2 rings (SSSR count). The molecule has 1 N–H and O–H groups in total. The van der Waals surface area contributed by atoms with Crippen molar-refractivity contribution in [3.63, 3.8) is 0 Å². The molecular weight excluding hydrogens is 216 g/mol. The van der Waals surface area contributed by atoms with E-state index in [0.717, 1.165) is 19.0 Å². The van der Waals surface area contributed by atoms with Gasteiger partial charge in [-0.25, -0.2) is 0 Å². The van der Waals surface area contributed by atoms with E-state index in [1.165, 1.54) is 37.1 Å². The van der Waals surface area contributed by atoms with Crippen molar-refractivity contribution in [2.75, 3.05) is 13.1 Å². The van der Waals surface area contributed by atoms with Gasteiger partial charge in [0, 0.05) is 36.1 Å². The molecule has 1 saturated carbocycles. The van der Waals surface area contributed by atoms with Crippen LogP contribution in [0.3, 0.4) is 0 Å². The summed E-state index contributed by atoms with van der Waals surface area (Å²) in [6, 6.07) is 2.10. The highest BCUT2D eigenvalue weighted by atomic mass is 32.1.